The largest absolute Gasteiger partial charge is 0.478 e. The molecule has 4 nitrogen and oxygen atoms in total. The summed E-state index contributed by atoms with van der Waals surface area (Å²) in [6.07, 6.45) is -2.55. The lowest BCUT2D eigenvalue weighted by Gasteiger charge is -2.08. The first-order chi connectivity index (χ1) is 12.6. The van der Waals surface area contributed by atoms with Crippen molar-refractivity contribution >= 4 is 46.2 Å². The van der Waals surface area contributed by atoms with E-state index in [0.29, 0.717) is 21.1 Å². The first-order valence-corrected chi connectivity index (χ1v) is 8.33. The summed E-state index contributed by atoms with van der Waals surface area (Å²) in [5.41, 5.74) is 0.353. The third kappa shape index (κ3) is 4.26. The van der Waals surface area contributed by atoms with Gasteiger partial charge in [-0.3, -0.25) is 4.68 Å². The number of alkyl halides is 3. The summed E-state index contributed by atoms with van der Waals surface area (Å²) < 4.78 is 40.6. The van der Waals surface area contributed by atoms with E-state index in [0.717, 1.165) is 24.3 Å². The molecule has 0 atom stereocenters. The van der Waals surface area contributed by atoms with Crippen molar-refractivity contribution < 1.29 is 23.1 Å². The second-order valence-electron chi connectivity index (χ2n) is 5.68. The van der Waals surface area contributed by atoms with Gasteiger partial charge in [-0.05, 0) is 42.0 Å². The van der Waals surface area contributed by atoms with Crippen LogP contribution >= 0.6 is 23.2 Å². The maximum absolute atomic E-state index is 13.0. The molecular formula is C18H11Cl2F3N2O2. The van der Waals surface area contributed by atoms with Gasteiger partial charge in [0, 0.05) is 21.5 Å². The molecule has 0 fully saturated rings. The Labute approximate surface area is 161 Å². The van der Waals surface area contributed by atoms with E-state index in [1.54, 1.807) is 18.2 Å². The van der Waals surface area contributed by atoms with Crippen LogP contribution in [-0.2, 0) is 17.5 Å². The molecule has 0 amide bonds. The Kier molecular flexibility index (Phi) is 5.17. The smallest absolute Gasteiger partial charge is 0.416 e. The zero-order valence-electron chi connectivity index (χ0n) is 13.5. The van der Waals surface area contributed by atoms with E-state index < -0.39 is 17.7 Å². The predicted octanol–water partition coefficient (Wildman–Crippen LogP) is 5.51. The third-order valence-corrected chi connectivity index (χ3v) is 4.41. The van der Waals surface area contributed by atoms with E-state index in [-0.39, 0.29) is 17.6 Å². The van der Waals surface area contributed by atoms with Crippen LogP contribution < -0.4 is 0 Å². The standard InChI is InChI=1S/C18H11Cl2F3N2O2/c19-12-3-1-10(14(20)8-12)9-25-16-5-2-11(18(21,22)23)7-13(16)15(24-25)4-6-17(26)27/h1-8H,9H2,(H,26,27)/b6-4+. The zero-order valence-corrected chi connectivity index (χ0v) is 15.0. The molecular weight excluding hydrogens is 404 g/mol. The van der Waals surface area contributed by atoms with Gasteiger partial charge in [-0.2, -0.15) is 18.3 Å². The lowest BCUT2D eigenvalue weighted by Crippen LogP contribution is -2.05. The Morgan fingerprint density at radius 3 is 2.56 bits per heavy atom. The minimum atomic E-state index is -4.52. The summed E-state index contributed by atoms with van der Waals surface area (Å²) in [6.45, 7) is 0.179. The summed E-state index contributed by atoms with van der Waals surface area (Å²) >= 11 is 12.0. The zero-order chi connectivity index (χ0) is 19.8. The van der Waals surface area contributed by atoms with E-state index in [9.17, 15) is 18.0 Å². The number of halogens is 5. The van der Waals surface area contributed by atoms with Crippen LogP contribution in [-0.4, -0.2) is 20.9 Å². The highest BCUT2D eigenvalue weighted by molar-refractivity contribution is 6.35. The third-order valence-electron chi connectivity index (χ3n) is 3.83. The molecule has 0 unspecified atom stereocenters. The Hall–Kier alpha value is -2.51. The fourth-order valence-electron chi connectivity index (χ4n) is 2.59. The molecule has 140 valence electrons. The van der Waals surface area contributed by atoms with Gasteiger partial charge in [0.2, 0.25) is 0 Å². The number of carboxylic acid groups (broad SMARTS) is 1. The molecule has 0 aliphatic rings. The topological polar surface area (TPSA) is 55.1 Å². The predicted molar refractivity (Wildman–Crippen MR) is 97.0 cm³/mol. The van der Waals surface area contributed by atoms with E-state index in [4.69, 9.17) is 28.3 Å². The number of hydrogen-bond acceptors (Lipinski definition) is 2. The summed E-state index contributed by atoms with van der Waals surface area (Å²) in [5, 5.41) is 14.1. The Bertz CT molecular complexity index is 1060. The number of benzene rings is 2. The van der Waals surface area contributed by atoms with Crippen molar-refractivity contribution in [2.75, 3.05) is 0 Å². The summed E-state index contributed by atoms with van der Waals surface area (Å²) in [7, 11) is 0. The molecule has 27 heavy (non-hydrogen) atoms. The molecule has 0 saturated heterocycles. The number of fused-ring (bicyclic) bond motifs is 1. The monoisotopic (exact) mass is 414 g/mol. The van der Waals surface area contributed by atoms with Crippen molar-refractivity contribution in [3.8, 4) is 0 Å². The molecule has 0 saturated carbocycles. The molecule has 0 radical (unpaired) electrons. The van der Waals surface area contributed by atoms with Crippen molar-refractivity contribution in [2.45, 2.75) is 12.7 Å². The highest BCUT2D eigenvalue weighted by atomic mass is 35.5. The second kappa shape index (κ2) is 7.25. The SMILES string of the molecule is O=C(O)/C=C/c1nn(Cc2ccc(Cl)cc2Cl)c2ccc(C(F)(F)F)cc12. The van der Waals surface area contributed by atoms with Gasteiger partial charge in [-0.15, -0.1) is 0 Å². The summed E-state index contributed by atoms with van der Waals surface area (Å²) in [4.78, 5) is 10.8. The van der Waals surface area contributed by atoms with Gasteiger partial charge in [0.15, 0.2) is 0 Å². The Morgan fingerprint density at radius 2 is 1.93 bits per heavy atom. The first kappa shape index (κ1) is 19.3. The molecule has 1 aromatic heterocycles. The first-order valence-electron chi connectivity index (χ1n) is 7.58. The molecule has 1 N–H and O–H groups in total. The lowest BCUT2D eigenvalue weighted by atomic mass is 10.1. The van der Waals surface area contributed by atoms with Crippen LogP contribution in [0.3, 0.4) is 0 Å². The molecule has 9 heteroatoms. The Morgan fingerprint density at radius 1 is 1.19 bits per heavy atom. The van der Waals surface area contributed by atoms with Crippen molar-refractivity contribution in [1.82, 2.24) is 9.78 Å². The molecule has 0 aliphatic heterocycles. The highest BCUT2D eigenvalue weighted by Gasteiger charge is 2.31. The average molecular weight is 415 g/mol. The van der Waals surface area contributed by atoms with Gasteiger partial charge in [-0.25, -0.2) is 4.79 Å². The molecule has 3 rings (SSSR count). The molecule has 1 heterocycles. The van der Waals surface area contributed by atoms with Crippen molar-refractivity contribution in [3.05, 3.63) is 69.3 Å². The van der Waals surface area contributed by atoms with Gasteiger partial charge in [-0.1, -0.05) is 29.3 Å². The molecule has 0 bridgehead atoms. The van der Waals surface area contributed by atoms with Crippen LogP contribution in [0.2, 0.25) is 10.0 Å². The van der Waals surface area contributed by atoms with E-state index in [2.05, 4.69) is 5.10 Å². The minimum absolute atomic E-state index is 0.114. The van der Waals surface area contributed by atoms with Crippen LogP contribution in [0.15, 0.2) is 42.5 Å². The van der Waals surface area contributed by atoms with Crippen molar-refractivity contribution in [2.24, 2.45) is 0 Å². The molecule has 0 spiro atoms. The molecule has 3 aromatic rings. The number of hydrogen-bond donors (Lipinski definition) is 1. The van der Waals surface area contributed by atoms with E-state index in [1.165, 1.54) is 10.7 Å². The highest BCUT2D eigenvalue weighted by Crippen LogP contribution is 2.33. The maximum atomic E-state index is 13.0. The maximum Gasteiger partial charge on any atom is 0.416 e. The van der Waals surface area contributed by atoms with Crippen LogP contribution in [0.5, 0.6) is 0 Å². The number of nitrogens with zero attached hydrogens (tertiary/aromatic N) is 2. The van der Waals surface area contributed by atoms with Crippen LogP contribution in [0.25, 0.3) is 17.0 Å². The fraction of sp³-hybridized carbons (Fsp3) is 0.111. The lowest BCUT2D eigenvalue weighted by molar-refractivity contribution is -0.137. The number of aromatic nitrogens is 2. The van der Waals surface area contributed by atoms with Crippen molar-refractivity contribution in [3.63, 3.8) is 0 Å². The Balaban J connectivity index is 2.13. The van der Waals surface area contributed by atoms with Gasteiger partial charge in [0.25, 0.3) is 0 Å². The van der Waals surface area contributed by atoms with E-state index >= 15 is 0 Å². The summed E-state index contributed by atoms with van der Waals surface area (Å²) in [5.74, 6) is -1.23. The van der Waals surface area contributed by atoms with Gasteiger partial charge >= 0.3 is 12.1 Å². The molecule has 2 aromatic carbocycles. The number of carboxylic acids is 1. The number of rotatable bonds is 4. The summed E-state index contributed by atoms with van der Waals surface area (Å²) in [6, 6.07) is 8.08. The quantitative estimate of drug-likeness (QED) is 0.572. The van der Waals surface area contributed by atoms with Crippen LogP contribution in [0, 0.1) is 0 Å². The van der Waals surface area contributed by atoms with Gasteiger partial charge in [0.05, 0.1) is 23.3 Å². The minimum Gasteiger partial charge on any atom is -0.478 e. The van der Waals surface area contributed by atoms with Gasteiger partial charge < -0.3 is 5.11 Å². The number of carbonyl (C=O) groups is 1. The normalized spacial score (nSPS) is 12.2. The van der Waals surface area contributed by atoms with Gasteiger partial charge in [0.1, 0.15) is 0 Å². The second-order valence-corrected chi connectivity index (χ2v) is 6.52. The molecule has 0 aliphatic carbocycles. The number of aliphatic carboxylic acids is 1. The fourth-order valence-corrected chi connectivity index (χ4v) is 3.05. The van der Waals surface area contributed by atoms with Crippen LogP contribution in [0.1, 0.15) is 16.8 Å². The average Bonchev–Trinajstić information content (AvgIpc) is 2.92. The van der Waals surface area contributed by atoms with Crippen LogP contribution in [0.4, 0.5) is 13.2 Å². The van der Waals surface area contributed by atoms with E-state index in [1.807, 2.05) is 0 Å². The van der Waals surface area contributed by atoms with Crippen molar-refractivity contribution in [1.29, 1.82) is 0 Å².